The summed E-state index contributed by atoms with van der Waals surface area (Å²) in [7, 11) is 0. The summed E-state index contributed by atoms with van der Waals surface area (Å²) >= 11 is 0. The van der Waals surface area contributed by atoms with E-state index in [-0.39, 0.29) is 0 Å². The molecule has 3 aromatic rings. The van der Waals surface area contributed by atoms with Gasteiger partial charge in [-0.15, -0.1) is 0 Å². The lowest BCUT2D eigenvalue weighted by molar-refractivity contribution is 0.521. The maximum absolute atomic E-state index is 5.65. The van der Waals surface area contributed by atoms with E-state index in [4.69, 9.17) is 10.2 Å². The molecule has 18 heavy (non-hydrogen) atoms. The van der Waals surface area contributed by atoms with E-state index in [0.29, 0.717) is 6.54 Å². The second-order valence-corrected chi connectivity index (χ2v) is 3.93. The Labute approximate surface area is 105 Å². The first-order valence-electron chi connectivity index (χ1n) is 5.77. The van der Waals surface area contributed by atoms with Crippen LogP contribution in [0.4, 0.5) is 0 Å². The molecule has 0 spiro atoms. The van der Waals surface area contributed by atoms with Gasteiger partial charge in [-0.25, -0.2) is 4.68 Å². The number of furan rings is 1. The number of nitrogens with zero attached hydrogens (tertiary/aromatic N) is 2. The van der Waals surface area contributed by atoms with Crippen LogP contribution in [-0.2, 0) is 6.54 Å². The highest BCUT2D eigenvalue weighted by Crippen LogP contribution is 2.24. The highest BCUT2D eigenvalue weighted by atomic mass is 16.3. The Balaban J connectivity index is 2.07. The maximum Gasteiger partial charge on any atom is 0.152 e. The van der Waals surface area contributed by atoms with Crippen molar-refractivity contribution in [1.29, 1.82) is 0 Å². The monoisotopic (exact) mass is 239 g/mol. The Morgan fingerprint density at radius 1 is 1.06 bits per heavy atom. The third-order valence-corrected chi connectivity index (χ3v) is 2.76. The SMILES string of the molecule is NCc1ccc(-c2ccnn2-c2ccccc2)o1. The predicted molar refractivity (Wildman–Crippen MR) is 69.2 cm³/mol. The molecule has 2 N–H and O–H groups in total. The molecule has 0 aliphatic rings. The van der Waals surface area contributed by atoms with Gasteiger partial charge in [0, 0.05) is 0 Å². The van der Waals surface area contributed by atoms with Gasteiger partial charge in [-0.1, -0.05) is 18.2 Å². The molecule has 0 radical (unpaired) electrons. The smallest absolute Gasteiger partial charge is 0.152 e. The molecule has 1 aromatic carbocycles. The number of rotatable bonds is 3. The first kappa shape index (κ1) is 10.8. The van der Waals surface area contributed by atoms with Crippen molar-refractivity contribution in [2.75, 3.05) is 0 Å². The second-order valence-electron chi connectivity index (χ2n) is 3.93. The first-order chi connectivity index (χ1) is 8.88. The van der Waals surface area contributed by atoms with Crippen molar-refractivity contribution in [3.05, 3.63) is 60.5 Å². The lowest BCUT2D eigenvalue weighted by Crippen LogP contribution is -1.97. The van der Waals surface area contributed by atoms with Gasteiger partial charge in [0.2, 0.25) is 0 Å². The minimum absolute atomic E-state index is 0.402. The Kier molecular flexibility index (Phi) is 2.70. The quantitative estimate of drug-likeness (QED) is 0.764. The molecule has 0 saturated carbocycles. The van der Waals surface area contributed by atoms with Gasteiger partial charge in [-0.2, -0.15) is 5.10 Å². The molecule has 0 amide bonds. The number of hydrogen-bond donors (Lipinski definition) is 1. The van der Waals surface area contributed by atoms with Crippen LogP contribution >= 0.6 is 0 Å². The van der Waals surface area contributed by atoms with Crippen molar-refractivity contribution in [1.82, 2.24) is 9.78 Å². The molecule has 4 heteroatoms. The summed E-state index contributed by atoms with van der Waals surface area (Å²) in [6, 6.07) is 15.7. The standard InChI is InChI=1S/C14H13N3O/c15-10-12-6-7-14(18-12)13-8-9-16-17(13)11-4-2-1-3-5-11/h1-9H,10,15H2. The number of nitrogens with two attached hydrogens (primary N) is 1. The van der Waals surface area contributed by atoms with Gasteiger partial charge in [0.25, 0.3) is 0 Å². The summed E-state index contributed by atoms with van der Waals surface area (Å²) in [5.41, 5.74) is 7.47. The van der Waals surface area contributed by atoms with Crippen molar-refractivity contribution < 1.29 is 4.42 Å². The molecule has 3 rings (SSSR count). The lowest BCUT2D eigenvalue weighted by Gasteiger charge is -2.04. The van der Waals surface area contributed by atoms with E-state index >= 15 is 0 Å². The first-order valence-corrected chi connectivity index (χ1v) is 5.77. The minimum Gasteiger partial charge on any atom is -0.458 e. The Bertz CT molecular complexity index is 640. The predicted octanol–water partition coefficient (Wildman–Crippen LogP) is 2.59. The Hall–Kier alpha value is -2.33. The summed E-state index contributed by atoms with van der Waals surface area (Å²) < 4.78 is 7.50. The van der Waals surface area contributed by atoms with Crippen LogP contribution in [-0.4, -0.2) is 9.78 Å². The topological polar surface area (TPSA) is 57.0 Å². The van der Waals surface area contributed by atoms with Crippen LogP contribution in [0.15, 0.2) is 59.1 Å². The van der Waals surface area contributed by atoms with Crippen molar-refractivity contribution in [3.8, 4) is 17.1 Å². The molecule has 0 aliphatic heterocycles. The third kappa shape index (κ3) is 1.83. The molecule has 4 nitrogen and oxygen atoms in total. The Morgan fingerprint density at radius 3 is 2.61 bits per heavy atom. The number of aromatic nitrogens is 2. The number of benzene rings is 1. The molecule has 90 valence electrons. The molecule has 0 saturated heterocycles. The zero-order valence-corrected chi connectivity index (χ0v) is 9.78. The van der Waals surface area contributed by atoms with Crippen LogP contribution in [0.2, 0.25) is 0 Å². The molecule has 0 unspecified atom stereocenters. The van der Waals surface area contributed by atoms with E-state index in [1.165, 1.54) is 0 Å². The molecule has 0 aliphatic carbocycles. The van der Waals surface area contributed by atoms with E-state index in [1.807, 2.05) is 53.2 Å². The van der Waals surface area contributed by atoms with Crippen LogP contribution in [0, 0.1) is 0 Å². The zero-order chi connectivity index (χ0) is 12.4. The summed E-state index contributed by atoms with van der Waals surface area (Å²) in [6.45, 7) is 0.402. The summed E-state index contributed by atoms with van der Waals surface area (Å²) in [6.07, 6.45) is 1.76. The molecule has 2 heterocycles. The van der Waals surface area contributed by atoms with E-state index < -0.39 is 0 Å². The summed E-state index contributed by atoms with van der Waals surface area (Å²) in [5, 5.41) is 4.32. The van der Waals surface area contributed by atoms with Crippen LogP contribution in [0.5, 0.6) is 0 Å². The Morgan fingerprint density at radius 2 is 1.89 bits per heavy atom. The molecule has 2 aromatic heterocycles. The fourth-order valence-electron chi connectivity index (χ4n) is 1.89. The summed E-state index contributed by atoms with van der Waals surface area (Å²) in [4.78, 5) is 0. The minimum atomic E-state index is 0.402. The average Bonchev–Trinajstić information content (AvgIpc) is 3.08. The molecule has 0 bridgehead atoms. The van der Waals surface area contributed by atoms with Gasteiger partial charge in [-0.05, 0) is 30.3 Å². The van der Waals surface area contributed by atoms with Gasteiger partial charge in [0.05, 0.1) is 18.4 Å². The highest BCUT2D eigenvalue weighted by Gasteiger charge is 2.10. The van der Waals surface area contributed by atoms with E-state index in [9.17, 15) is 0 Å². The molecular weight excluding hydrogens is 226 g/mol. The van der Waals surface area contributed by atoms with Gasteiger partial charge >= 0.3 is 0 Å². The zero-order valence-electron chi connectivity index (χ0n) is 9.78. The summed E-state index contributed by atoms with van der Waals surface area (Å²) in [5.74, 6) is 1.54. The average molecular weight is 239 g/mol. The largest absolute Gasteiger partial charge is 0.458 e. The maximum atomic E-state index is 5.65. The van der Waals surface area contributed by atoms with Crippen LogP contribution in [0.3, 0.4) is 0 Å². The van der Waals surface area contributed by atoms with E-state index in [1.54, 1.807) is 6.20 Å². The number of para-hydroxylation sites is 1. The van der Waals surface area contributed by atoms with E-state index in [2.05, 4.69) is 5.10 Å². The van der Waals surface area contributed by atoms with Gasteiger partial charge in [-0.3, -0.25) is 0 Å². The van der Waals surface area contributed by atoms with Crippen molar-refractivity contribution in [3.63, 3.8) is 0 Å². The van der Waals surface area contributed by atoms with Gasteiger partial charge < -0.3 is 10.2 Å². The molecule has 0 atom stereocenters. The fourth-order valence-corrected chi connectivity index (χ4v) is 1.89. The van der Waals surface area contributed by atoms with Crippen LogP contribution < -0.4 is 5.73 Å². The van der Waals surface area contributed by atoms with Gasteiger partial charge in [0.1, 0.15) is 11.5 Å². The molecular formula is C14H13N3O. The normalized spacial score (nSPS) is 10.7. The second kappa shape index (κ2) is 4.50. The van der Waals surface area contributed by atoms with Crippen LogP contribution in [0.25, 0.3) is 17.1 Å². The number of hydrogen-bond acceptors (Lipinski definition) is 3. The third-order valence-electron chi connectivity index (χ3n) is 2.76. The van der Waals surface area contributed by atoms with Crippen molar-refractivity contribution >= 4 is 0 Å². The lowest BCUT2D eigenvalue weighted by atomic mass is 10.3. The van der Waals surface area contributed by atoms with Crippen molar-refractivity contribution in [2.24, 2.45) is 5.73 Å². The van der Waals surface area contributed by atoms with Crippen LogP contribution in [0.1, 0.15) is 5.76 Å². The van der Waals surface area contributed by atoms with E-state index in [0.717, 1.165) is 22.9 Å². The van der Waals surface area contributed by atoms with Gasteiger partial charge in [0.15, 0.2) is 5.76 Å². The molecule has 0 fully saturated rings. The van der Waals surface area contributed by atoms with Crippen molar-refractivity contribution in [2.45, 2.75) is 6.54 Å². The fraction of sp³-hybridized carbons (Fsp3) is 0.0714. The highest BCUT2D eigenvalue weighted by molar-refractivity contribution is 5.56.